The van der Waals surface area contributed by atoms with E-state index in [1.807, 2.05) is 0 Å². The quantitative estimate of drug-likeness (QED) is 0.504. The van der Waals surface area contributed by atoms with Crippen LogP contribution in [0.25, 0.3) is 0 Å². The molecule has 0 aromatic rings. The van der Waals surface area contributed by atoms with Gasteiger partial charge in [0.05, 0.1) is 5.92 Å². The topological polar surface area (TPSA) is 55.8 Å². The van der Waals surface area contributed by atoms with Gasteiger partial charge in [0.2, 0.25) is 0 Å². The third-order valence-corrected chi connectivity index (χ3v) is 7.52. The number of carbonyl (C=O) groups excluding carboxylic acids is 1. The minimum Gasteiger partial charge on any atom is -0.440 e. The summed E-state index contributed by atoms with van der Waals surface area (Å²) in [6.07, 6.45) is -8.04. The Kier molecular flexibility index (Phi) is 4.72. The van der Waals surface area contributed by atoms with Crippen LogP contribution < -0.4 is 0 Å². The number of carbonyl (C=O) groups is 1. The van der Waals surface area contributed by atoms with Crippen molar-refractivity contribution in [3.63, 3.8) is 0 Å². The molecule has 3 saturated carbocycles. The lowest BCUT2D eigenvalue weighted by atomic mass is 9.67. The molecule has 7 unspecified atom stereocenters. The maximum absolute atomic E-state index is 14.5. The molecule has 1 saturated heterocycles. The van der Waals surface area contributed by atoms with E-state index in [1.54, 1.807) is 0 Å². The molecule has 0 radical (unpaired) electrons. The van der Waals surface area contributed by atoms with Crippen molar-refractivity contribution in [2.45, 2.75) is 68.2 Å². The molecule has 30 heavy (non-hydrogen) atoms. The van der Waals surface area contributed by atoms with E-state index in [0.29, 0.717) is 12.3 Å². The van der Waals surface area contributed by atoms with Gasteiger partial charge in [0, 0.05) is 0 Å². The zero-order valence-corrected chi connectivity index (χ0v) is 15.5. The highest BCUT2D eigenvalue weighted by Gasteiger charge is 2.90. The Labute approximate surface area is 165 Å². The van der Waals surface area contributed by atoms with Crippen molar-refractivity contribution in [1.29, 1.82) is 0 Å². The summed E-state index contributed by atoms with van der Waals surface area (Å²) in [5.41, 5.74) is -4.94. The molecule has 12 heteroatoms. The molecule has 172 valence electrons. The molecule has 1 aliphatic heterocycles. The summed E-state index contributed by atoms with van der Waals surface area (Å²) >= 11 is 0. The summed E-state index contributed by atoms with van der Waals surface area (Å²) in [5.74, 6) is -14.0. The van der Waals surface area contributed by atoms with Gasteiger partial charge >= 0.3 is 30.0 Å². The van der Waals surface area contributed by atoms with Crippen molar-refractivity contribution in [2.75, 3.05) is 6.61 Å². The van der Waals surface area contributed by atoms with Crippen LogP contribution in [0.1, 0.15) is 38.5 Å². The highest BCUT2D eigenvalue weighted by molar-refractivity contribution is 5.74. The van der Waals surface area contributed by atoms with Crippen molar-refractivity contribution in [3.05, 3.63) is 0 Å². The Hall–Kier alpha value is -1.17. The predicted molar refractivity (Wildman–Crippen MR) is 81.9 cm³/mol. The standard InChI is InChI=1S/C18H20F8O4/c19-15(20)14(17(21,22)23,7-29-16(15,28)18(24,25)26)30-13(27)12-6-8-5-11(12)10-4-2-1-3-9(8)10/h8-12,28H,1-7H2. The SMILES string of the molecule is O=C(OC1(C(F)(F)F)COC(O)(C(F)(F)F)C1(F)F)C1CC2CC1C1CCCCC21. The van der Waals surface area contributed by atoms with Gasteiger partial charge in [0.25, 0.3) is 5.60 Å². The predicted octanol–water partition coefficient (Wildman–Crippen LogP) is 4.21. The monoisotopic (exact) mass is 452 g/mol. The Morgan fingerprint density at radius 1 is 0.933 bits per heavy atom. The number of aliphatic hydroxyl groups is 1. The third-order valence-electron chi connectivity index (χ3n) is 7.52. The Balaban J connectivity index is 1.62. The Morgan fingerprint density at radius 3 is 2.07 bits per heavy atom. The second kappa shape index (κ2) is 6.43. The maximum atomic E-state index is 14.5. The number of fused-ring (bicyclic) bond motifs is 5. The van der Waals surface area contributed by atoms with E-state index in [0.717, 1.165) is 25.7 Å². The van der Waals surface area contributed by atoms with Gasteiger partial charge in [-0.15, -0.1) is 0 Å². The lowest BCUT2D eigenvalue weighted by molar-refractivity contribution is -0.421. The summed E-state index contributed by atoms with van der Waals surface area (Å²) < 4.78 is 117. The van der Waals surface area contributed by atoms with Crippen LogP contribution in [0.5, 0.6) is 0 Å². The van der Waals surface area contributed by atoms with Crippen LogP contribution in [-0.2, 0) is 14.3 Å². The lowest BCUT2D eigenvalue weighted by Gasteiger charge is -2.41. The fourth-order valence-electron chi connectivity index (χ4n) is 6.09. The van der Waals surface area contributed by atoms with Crippen LogP contribution in [-0.4, -0.2) is 47.3 Å². The summed E-state index contributed by atoms with van der Waals surface area (Å²) in [4.78, 5) is 12.6. The average molecular weight is 452 g/mol. The summed E-state index contributed by atoms with van der Waals surface area (Å²) in [6, 6.07) is 0. The van der Waals surface area contributed by atoms with E-state index in [2.05, 4.69) is 9.47 Å². The fourth-order valence-corrected chi connectivity index (χ4v) is 6.09. The first-order valence-electron chi connectivity index (χ1n) is 9.77. The summed E-state index contributed by atoms with van der Waals surface area (Å²) in [5, 5.41) is 9.30. The second-order valence-corrected chi connectivity index (χ2v) is 8.86. The van der Waals surface area contributed by atoms with Gasteiger partial charge in [-0.3, -0.25) is 4.79 Å². The van der Waals surface area contributed by atoms with Crippen molar-refractivity contribution in [1.82, 2.24) is 0 Å². The smallest absolute Gasteiger partial charge is 0.440 e. The summed E-state index contributed by atoms with van der Waals surface area (Å²) in [7, 11) is 0. The fraction of sp³-hybridized carbons (Fsp3) is 0.944. The van der Waals surface area contributed by atoms with Gasteiger partial charge in [-0.05, 0) is 49.4 Å². The second-order valence-electron chi connectivity index (χ2n) is 8.86. The number of halogens is 8. The Morgan fingerprint density at radius 2 is 1.53 bits per heavy atom. The maximum Gasteiger partial charge on any atom is 0.449 e. The number of hydrogen-bond acceptors (Lipinski definition) is 4. The van der Waals surface area contributed by atoms with Crippen molar-refractivity contribution in [2.24, 2.45) is 29.6 Å². The van der Waals surface area contributed by atoms with Gasteiger partial charge in [-0.2, -0.15) is 35.1 Å². The number of ether oxygens (including phenoxy) is 2. The third kappa shape index (κ3) is 2.67. The first kappa shape index (κ1) is 22.0. The van der Waals surface area contributed by atoms with E-state index < -0.39 is 48.2 Å². The molecule has 0 spiro atoms. The van der Waals surface area contributed by atoms with Gasteiger partial charge in [-0.25, -0.2) is 0 Å². The molecule has 3 aliphatic carbocycles. The molecule has 0 amide bonds. The molecule has 1 heterocycles. The molecule has 2 bridgehead atoms. The molecule has 4 nitrogen and oxygen atoms in total. The van der Waals surface area contributed by atoms with E-state index >= 15 is 0 Å². The van der Waals surface area contributed by atoms with E-state index in [1.165, 1.54) is 0 Å². The average Bonchev–Trinajstić information content (AvgIpc) is 3.27. The zero-order valence-electron chi connectivity index (χ0n) is 15.5. The van der Waals surface area contributed by atoms with Crippen molar-refractivity contribution in [3.8, 4) is 0 Å². The summed E-state index contributed by atoms with van der Waals surface area (Å²) in [6.45, 7) is -2.36. The number of rotatable bonds is 2. The lowest BCUT2D eigenvalue weighted by Crippen LogP contribution is -2.69. The molecule has 0 aromatic heterocycles. The molecule has 4 aliphatic rings. The van der Waals surface area contributed by atoms with Gasteiger partial charge in [0.15, 0.2) is 0 Å². The number of esters is 1. The van der Waals surface area contributed by atoms with Crippen LogP contribution in [0.4, 0.5) is 35.1 Å². The molecular formula is C18H20F8O4. The van der Waals surface area contributed by atoms with Gasteiger partial charge < -0.3 is 14.6 Å². The van der Waals surface area contributed by atoms with Crippen LogP contribution in [0.15, 0.2) is 0 Å². The highest BCUT2D eigenvalue weighted by atomic mass is 19.4. The first-order chi connectivity index (χ1) is 13.7. The molecule has 1 N–H and O–H groups in total. The minimum absolute atomic E-state index is 0.0622. The van der Waals surface area contributed by atoms with E-state index in [-0.39, 0.29) is 24.2 Å². The van der Waals surface area contributed by atoms with Gasteiger partial charge in [-0.1, -0.05) is 12.8 Å². The van der Waals surface area contributed by atoms with E-state index in [4.69, 9.17) is 0 Å². The number of alkyl halides is 8. The zero-order chi connectivity index (χ0) is 22.3. The van der Waals surface area contributed by atoms with Crippen molar-refractivity contribution < 1.29 is 54.5 Å². The number of hydrogen-bond donors (Lipinski definition) is 1. The van der Waals surface area contributed by atoms with Crippen LogP contribution in [0, 0.1) is 29.6 Å². The largest absolute Gasteiger partial charge is 0.449 e. The van der Waals surface area contributed by atoms with Crippen LogP contribution >= 0.6 is 0 Å². The minimum atomic E-state index is -6.25. The molecule has 4 rings (SSSR count). The molecule has 0 aromatic carbocycles. The molecular weight excluding hydrogens is 432 g/mol. The van der Waals surface area contributed by atoms with Crippen LogP contribution in [0.2, 0.25) is 0 Å². The van der Waals surface area contributed by atoms with Crippen molar-refractivity contribution >= 4 is 5.97 Å². The Bertz CT molecular complexity index is 722. The highest BCUT2D eigenvalue weighted by Crippen LogP contribution is 2.62. The first-order valence-corrected chi connectivity index (χ1v) is 9.77. The normalized spacial score (nSPS) is 45.4. The molecule has 7 atom stereocenters. The van der Waals surface area contributed by atoms with Gasteiger partial charge in [0.1, 0.15) is 6.61 Å². The molecule has 4 fully saturated rings. The van der Waals surface area contributed by atoms with E-state index in [9.17, 15) is 45.0 Å². The van der Waals surface area contributed by atoms with Crippen LogP contribution in [0.3, 0.4) is 0 Å².